The number of nitrogens with zero attached hydrogens (tertiary/aromatic N) is 2. The molecule has 2 aliphatic heterocycles. The molecule has 0 aliphatic carbocycles. The van der Waals surface area contributed by atoms with E-state index >= 15 is 0 Å². The van der Waals surface area contributed by atoms with Crippen LogP contribution in [0.2, 0.25) is 0 Å². The molecule has 2 fully saturated rings. The van der Waals surface area contributed by atoms with Crippen LogP contribution in [0.3, 0.4) is 0 Å². The summed E-state index contributed by atoms with van der Waals surface area (Å²) in [5.74, 6) is -9.84. The van der Waals surface area contributed by atoms with Crippen molar-refractivity contribution in [2.75, 3.05) is 26.2 Å². The highest BCUT2D eigenvalue weighted by atomic mass is 31.2. The van der Waals surface area contributed by atoms with Gasteiger partial charge < -0.3 is 73.0 Å². The third-order valence-corrected chi connectivity index (χ3v) is 11.8. The summed E-state index contributed by atoms with van der Waals surface area (Å²) in [5.41, 5.74) is 11.1. The molecule has 0 spiro atoms. The molecule has 14 N–H and O–H groups in total. The summed E-state index contributed by atoms with van der Waals surface area (Å²) in [4.78, 5) is 141. The van der Waals surface area contributed by atoms with Crippen LogP contribution in [0.5, 0.6) is 0 Å². The predicted molar refractivity (Wildman–Crippen MR) is 228 cm³/mol. The van der Waals surface area contributed by atoms with E-state index < -0.39 is 134 Å². The molecule has 0 aromatic rings. The summed E-state index contributed by atoms with van der Waals surface area (Å²) in [6.45, 7) is 7.62. The van der Waals surface area contributed by atoms with Gasteiger partial charge in [0.1, 0.15) is 48.3 Å². The number of carbonyl (C=O) groups excluding carboxylic acids is 7. The van der Waals surface area contributed by atoms with Crippen LogP contribution in [0.1, 0.15) is 98.8 Å². The number of unbranched alkanes of at least 4 members (excludes halogenated alkanes) is 1. The van der Waals surface area contributed by atoms with E-state index in [2.05, 4.69) is 26.6 Å². The average Bonchev–Trinajstić information content (AvgIpc) is 3.93. The fourth-order valence-electron chi connectivity index (χ4n) is 7.55. The van der Waals surface area contributed by atoms with Crippen molar-refractivity contribution >= 4 is 61.1 Å². The van der Waals surface area contributed by atoms with Crippen LogP contribution >= 0.6 is 7.82 Å². The van der Waals surface area contributed by atoms with Gasteiger partial charge in [-0.25, -0.2) is 9.36 Å². The zero-order valence-corrected chi connectivity index (χ0v) is 38.4. The fourth-order valence-corrected chi connectivity index (χ4v) is 8.10. The highest BCUT2D eigenvalue weighted by Gasteiger charge is 2.45. The summed E-state index contributed by atoms with van der Waals surface area (Å²) in [6, 6.07) is -11.4. The summed E-state index contributed by atoms with van der Waals surface area (Å²) < 4.78 is 16.8. The number of aliphatic carboxylic acids is 2. The van der Waals surface area contributed by atoms with Gasteiger partial charge in [0.25, 0.3) is 0 Å². The Bertz CT molecular complexity index is 1750. The molecular formula is C39H68N9O16P. The number of rotatable bonds is 27. The maximum Gasteiger partial charge on any atom is 0.469 e. The van der Waals surface area contributed by atoms with Gasteiger partial charge in [0.15, 0.2) is 0 Å². The summed E-state index contributed by atoms with van der Waals surface area (Å²) in [5, 5.41) is 40.6. The number of aliphatic hydroxyl groups excluding tert-OH is 1. The number of hydrogen-bond donors (Lipinski definition) is 12. The Kier molecular flexibility index (Phi) is 22.9. The van der Waals surface area contributed by atoms with Crippen molar-refractivity contribution in [3.05, 3.63) is 0 Å². The lowest BCUT2D eigenvalue weighted by Gasteiger charge is -2.35. The first-order chi connectivity index (χ1) is 30.4. The average molecular weight is 950 g/mol. The Morgan fingerprint density at radius 2 is 1.26 bits per heavy atom. The number of likely N-dealkylation sites (tertiary alicyclic amines) is 2. The normalized spacial score (nSPS) is 20.0. The van der Waals surface area contributed by atoms with Crippen LogP contribution in [0.4, 0.5) is 0 Å². The molecule has 0 radical (unpaired) electrons. The molecule has 2 saturated heterocycles. The zero-order valence-electron chi connectivity index (χ0n) is 37.5. The van der Waals surface area contributed by atoms with Crippen molar-refractivity contribution in [3.8, 4) is 0 Å². The lowest BCUT2D eigenvalue weighted by Crippen LogP contribution is -2.62. The van der Waals surface area contributed by atoms with E-state index in [0.717, 1.165) is 11.8 Å². The minimum absolute atomic E-state index is 0.0325. The van der Waals surface area contributed by atoms with Crippen molar-refractivity contribution in [1.82, 2.24) is 36.4 Å². The zero-order chi connectivity index (χ0) is 49.3. The first-order valence-corrected chi connectivity index (χ1v) is 23.3. The Balaban J connectivity index is 2.40. The largest absolute Gasteiger partial charge is 0.481 e. The highest BCUT2D eigenvalue weighted by molar-refractivity contribution is 7.46. The second kappa shape index (κ2) is 26.4. The minimum atomic E-state index is -5.32. The molecule has 2 rings (SSSR count). The molecule has 65 heavy (non-hydrogen) atoms. The fraction of sp³-hybridized carbons (Fsp3) is 0.769. The Labute approximate surface area is 377 Å². The Hall–Kier alpha value is -4.78. The molecule has 25 nitrogen and oxygen atoms in total. The molecule has 0 aromatic carbocycles. The van der Waals surface area contributed by atoms with Gasteiger partial charge in [-0.05, 0) is 76.7 Å². The van der Waals surface area contributed by atoms with E-state index in [-0.39, 0.29) is 57.7 Å². The molecule has 0 aromatic heterocycles. The van der Waals surface area contributed by atoms with Crippen LogP contribution in [-0.2, 0) is 52.2 Å². The first-order valence-electron chi connectivity index (χ1n) is 21.7. The summed E-state index contributed by atoms with van der Waals surface area (Å²) >= 11 is 0. The van der Waals surface area contributed by atoms with Crippen LogP contribution in [0.15, 0.2) is 0 Å². The molecule has 2 aliphatic rings. The SMILES string of the molecule is CC[C@H](C)[C@H](NC(=O)[C@H](CC(C)C)NC(=O)[C@@H](N)CO)C(=O)N1CCC[C@H]1C(=O)N[C@H](C(=O)N1CCC[C@H]1C(=O)N[C@@H](CC(=O)O)C(=O)N[C@@H](CCCCN)C(=O)O)[C@@H](C)OP(=O)(O)O. The predicted octanol–water partition coefficient (Wildman–Crippen LogP) is -3.01. The molecular weight excluding hydrogens is 881 g/mol. The van der Waals surface area contributed by atoms with Crippen LogP contribution < -0.4 is 38.1 Å². The number of carboxylic acid groups (broad SMARTS) is 2. The smallest absolute Gasteiger partial charge is 0.469 e. The number of nitrogens with one attached hydrogen (secondary N) is 5. The summed E-state index contributed by atoms with van der Waals surface area (Å²) in [7, 11) is -5.32. The molecule has 370 valence electrons. The van der Waals surface area contributed by atoms with Crippen LogP contribution in [0, 0.1) is 11.8 Å². The number of phosphoric acid groups is 1. The number of carbonyl (C=O) groups is 9. The van der Waals surface area contributed by atoms with E-state index in [1.54, 1.807) is 27.7 Å². The number of nitrogens with two attached hydrogens (primary N) is 2. The maximum atomic E-state index is 14.3. The third-order valence-electron chi connectivity index (χ3n) is 11.2. The van der Waals surface area contributed by atoms with Crippen molar-refractivity contribution in [3.63, 3.8) is 0 Å². The molecule has 2 heterocycles. The van der Waals surface area contributed by atoms with E-state index in [1.807, 2.05) is 0 Å². The number of aliphatic hydroxyl groups is 1. The van der Waals surface area contributed by atoms with Crippen molar-refractivity contribution in [2.45, 2.75) is 153 Å². The van der Waals surface area contributed by atoms with Gasteiger partial charge in [-0.3, -0.25) is 42.9 Å². The van der Waals surface area contributed by atoms with Gasteiger partial charge in [-0.1, -0.05) is 34.1 Å². The lowest BCUT2D eigenvalue weighted by atomic mass is 9.95. The molecule has 0 unspecified atom stereocenters. The number of carboxylic acids is 2. The van der Waals surface area contributed by atoms with E-state index in [9.17, 15) is 72.8 Å². The Morgan fingerprint density at radius 3 is 1.74 bits per heavy atom. The molecule has 26 heteroatoms. The lowest BCUT2D eigenvalue weighted by molar-refractivity contribution is -0.147. The summed E-state index contributed by atoms with van der Waals surface area (Å²) in [6.07, 6.45) is -0.947. The van der Waals surface area contributed by atoms with Gasteiger partial charge >= 0.3 is 19.8 Å². The standard InChI is InChI=1S/C39H68N9O16P/c1-6-21(4)30(45-34(54)25(17-20(2)3)43-32(52)23(41)19-49)37(57)47-15-10-13-28(47)36(56)46-31(22(5)64-65(61,62)63)38(58)48-16-9-12-27(48)35(55)44-26(18-29(50)51)33(53)42-24(39(59)60)11-7-8-14-40/h20-28,30-31,49H,6-19,40-41H2,1-5H3,(H,42,53)(H,43,52)(H,44,55)(H,45,54)(H,46,56)(H,50,51)(H,59,60)(H2,61,62,63)/t21-,22+,23-,24-,25-,26-,27-,28-,30-,31-/m0/s1. The third kappa shape index (κ3) is 17.5. The van der Waals surface area contributed by atoms with Gasteiger partial charge in [-0.2, -0.15) is 0 Å². The maximum absolute atomic E-state index is 14.3. The number of hydrogen-bond acceptors (Lipinski definition) is 14. The van der Waals surface area contributed by atoms with Crippen molar-refractivity contribution in [2.24, 2.45) is 23.3 Å². The molecule has 10 atom stereocenters. The number of amides is 7. The second-order valence-corrected chi connectivity index (χ2v) is 18.1. The first kappa shape index (κ1) is 56.3. The second-order valence-electron chi connectivity index (χ2n) is 16.9. The van der Waals surface area contributed by atoms with Crippen LogP contribution in [0.25, 0.3) is 0 Å². The van der Waals surface area contributed by atoms with Crippen LogP contribution in [-0.4, -0.2) is 169 Å². The number of phosphoric ester groups is 1. The van der Waals surface area contributed by atoms with Gasteiger partial charge in [0, 0.05) is 13.1 Å². The van der Waals surface area contributed by atoms with Gasteiger partial charge in [-0.15, -0.1) is 0 Å². The molecule has 0 saturated carbocycles. The minimum Gasteiger partial charge on any atom is -0.481 e. The van der Waals surface area contributed by atoms with E-state index in [0.29, 0.717) is 25.7 Å². The van der Waals surface area contributed by atoms with Crippen molar-refractivity contribution in [1.29, 1.82) is 0 Å². The topological polar surface area (TPSA) is 400 Å². The van der Waals surface area contributed by atoms with Gasteiger partial charge in [0.05, 0.1) is 19.1 Å². The van der Waals surface area contributed by atoms with Gasteiger partial charge in [0.2, 0.25) is 41.4 Å². The quantitative estimate of drug-likeness (QED) is 0.0288. The molecule has 0 bridgehead atoms. The Morgan fingerprint density at radius 1 is 0.738 bits per heavy atom. The van der Waals surface area contributed by atoms with E-state index in [4.69, 9.17) is 16.0 Å². The highest BCUT2D eigenvalue weighted by Crippen LogP contribution is 2.38. The van der Waals surface area contributed by atoms with E-state index in [1.165, 1.54) is 4.90 Å². The molecule has 7 amide bonds. The monoisotopic (exact) mass is 949 g/mol. The van der Waals surface area contributed by atoms with Crippen molar-refractivity contribution < 1.29 is 77.3 Å².